The van der Waals surface area contributed by atoms with Crippen LogP contribution in [0.2, 0.25) is 0 Å². The normalized spacial score (nSPS) is 16.8. The lowest BCUT2D eigenvalue weighted by Crippen LogP contribution is -2.50. The van der Waals surface area contributed by atoms with Gasteiger partial charge in [-0.05, 0) is 17.8 Å². The first-order valence-corrected chi connectivity index (χ1v) is 7.55. The number of carbonyl (C=O) groups excluding carboxylic acids is 3. The third kappa shape index (κ3) is 5.03. The first-order chi connectivity index (χ1) is 11.0. The molecule has 122 valence electrons. The van der Waals surface area contributed by atoms with Gasteiger partial charge < -0.3 is 10.2 Å². The molecule has 1 aromatic carbocycles. The van der Waals surface area contributed by atoms with E-state index in [1.807, 2.05) is 30.3 Å². The summed E-state index contributed by atoms with van der Waals surface area (Å²) in [6.45, 7) is 2.15. The smallest absolute Gasteiger partial charge is 0.243 e. The van der Waals surface area contributed by atoms with E-state index < -0.39 is 5.92 Å². The molecule has 0 saturated carbocycles. The number of nitrogens with zero attached hydrogens (tertiary/aromatic N) is 1. The zero-order valence-electron chi connectivity index (χ0n) is 12.7. The van der Waals surface area contributed by atoms with Gasteiger partial charge in [0, 0.05) is 26.4 Å². The van der Waals surface area contributed by atoms with E-state index in [1.54, 1.807) is 4.90 Å². The molecule has 0 radical (unpaired) electrons. The molecular formula is C15H18N4O3S. The van der Waals surface area contributed by atoms with Crippen LogP contribution in [-0.4, -0.2) is 34.3 Å². The number of amides is 3. The Balaban J connectivity index is 1.83. The van der Waals surface area contributed by atoms with Gasteiger partial charge in [-0.25, -0.2) is 0 Å². The summed E-state index contributed by atoms with van der Waals surface area (Å²) in [5.41, 5.74) is 5.87. The Morgan fingerprint density at radius 3 is 2.61 bits per heavy atom. The molecule has 7 nitrogen and oxygen atoms in total. The third-order valence-corrected chi connectivity index (χ3v) is 3.59. The summed E-state index contributed by atoms with van der Waals surface area (Å²) < 4.78 is 0. The van der Waals surface area contributed by atoms with Crippen molar-refractivity contribution in [3.8, 4) is 0 Å². The fraction of sp³-hybridized carbons (Fsp3) is 0.333. The van der Waals surface area contributed by atoms with Crippen molar-refractivity contribution in [2.24, 2.45) is 5.92 Å². The first-order valence-electron chi connectivity index (χ1n) is 7.15. The predicted molar refractivity (Wildman–Crippen MR) is 87.7 cm³/mol. The fourth-order valence-corrected chi connectivity index (χ4v) is 2.51. The van der Waals surface area contributed by atoms with Gasteiger partial charge in [-0.1, -0.05) is 30.3 Å². The Morgan fingerprint density at radius 2 is 1.96 bits per heavy atom. The highest BCUT2D eigenvalue weighted by Crippen LogP contribution is 2.20. The molecule has 1 unspecified atom stereocenters. The first kappa shape index (κ1) is 16.9. The quantitative estimate of drug-likeness (QED) is 0.538. The van der Waals surface area contributed by atoms with Crippen LogP contribution in [0.1, 0.15) is 18.9 Å². The highest BCUT2D eigenvalue weighted by atomic mass is 32.1. The van der Waals surface area contributed by atoms with Crippen molar-refractivity contribution in [1.29, 1.82) is 0 Å². The number of rotatable bonds is 3. The standard InChI is InChI=1S/C15H18N4O3S/c1-10(20)16-15(23)18-17-14(22)12-7-13(21)19(9-12)8-11-5-3-2-4-6-11/h2-6,12H,7-9H2,1H3,(H,17,22)(H2,16,18,20,23). The van der Waals surface area contributed by atoms with E-state index in [0.717, 1.165) is 5.56 Å². The average Bonchev–Trinajstić information content (AvgIpc) is 2.86. The number of likely N-dealkylation sites (tertiary alicyclic amines) is 1. The number of nitrogens with one attached hydrogen (secondary N) is 3. The highest BCUT2D eigenvalue weighted by Gasteiger charge is 2.34. The number of carbonyl (C=O) groups is 3. The fourth-order valence-electron chi connectivity index (χ4n) is 2.32. The van der Waals surface area contributed by atoms with E-state index in [1.165, 1.54) is 6.92 Å². The lowest BCUT2D eigenvalue weighted by Gasteiger charge is -2.17. The van der Waals surface area contributed by atoms with E-state index >= 15 is 0 Å². The van der Waals surface area contributed by atoms with Crippen LogP contribution in [0.3, 0.4) is 0 Å². The second kappa shape index (κ2) is 7.68. The second-order valence-electron chi connectivity index (χ2n) is 5.29. The van der Waals surface area contributed by atoms with Crippen molar-refractivity contribution in [2.45, 2.75) is 19.9 Å². The van der Waals surface area contributed by atoms with E-state index in [-0.39, 0.29) is 29.3 Å². The average molecular weight is 334 g/mol. The topological polar surface area (TPSA) is 90.5 Å². The second-order valence-corrected chi connectivity index (χ2v) is 5.69. The number of benzene rings is 1. The molecule has 1 aromatic rings. The number of hydrogen-bond donors (Lipinski definition) is 3. The number of thiocarbonyl (C=S) groups is 1. The van der Waals surface area contributed by atoms with Gasteiger partial charge >= 0.3 is 0 Å². The van der Waals surface area contributed by atoms with E-state index in [9.17, 15) is 14.4 Å². The monoisotopic (exact) mass is 334 g/mol. The van der Waals surface area contributed by atoms with Gasteiger partial charge in [0.1, 0.15) is 0 Å². The van der Waals surface area contributed by atoms with Gasteiger partial charge in [-0.2, -0.15) is 0 Å². The summed E-state index contributed by atoms with van der Waals surface area (Å²) in [5.74, 6) is -1.17. The maximum absolute atomic E-state index is 12.1. The van der Waals surface area contributed by atoms with Gasteiger partial charge in [-0.15, -0.1) is 0 Å². The summed E-state index contributed by atoms with van der Waals surface area (Å²) >= 11 is 4.82. The van der Waals surface area contributed by atoms with E-state index in [0.29, 0.717) is 13.1 Å². The molecule has 2 rings (SSSR count). The Bertz CT molecular complexity index is 620. The van der Waals surface area contributed by atoms with Gasteiger partial charge in [-0.3, -0.25) is 25.2 Å². The molecule has 0 spiro atoms. The Kier molecular flexibility index (Phi) is 5.64. The maximum atomic E-state index is 12.1. The van der Waals surface area contributed by atoms with Gasteiger partial charge in [0.2, 0.25) is 17.7 Å². The van der Waals surface area contributed by atoms with Crippen LogP contribution in [0, 0.1) is 5.92 Å². The predicted octanol–water partition coefficient (Wildman–Crippen LogP) is 0.0769. The van der Waals surface area contributed by atoms with Crippen LogP contribution in [0.25, 0.3) is 0 Å². The molecule has 1 heterocycles. The van der Waals surface area contributed by atoms with Crippen LogP contribution in [-0.2, 0) is 20.9 Å². The van der Waals surface area contributed by atoms with Crippen molar-refractivity contribution in [2.75, 3.05) is 6.54 Å². The summed E-state index contributed by atoms with van der Waals surface area (Å²) in [7, 11) is 0. The molecule has 1 atom stereocenters. The largest absolute Gasteiger partial charge is 0.338 e. The molecule has 0 bridgehead atoms. The van der Waals surface area contributed by atoms with Crippen LogP contribution >= 0.6 is 12.2 Å². The lowest BCUT2D eigenvalue weighted by atomic mass is 10.1. The van der Waals surface area contributed by atoms with Crippen LogP contribution in [0.4, 0.5) is 0 Å². The minimum Gasteiger partial charge on any atom is -0.338 e. The van der Waals surface area contributed by atoms with Crippen LogP contribution in [0.5, 0.6) is 0 Å². The molecule has 1 aliphatic heterocycles. The summed E-state index contributed by atoms with van der Waals surface area (Å²) in [4.78, 5) is 36.5. The molecule has 8 heteroatoms. The molecular weight excluding hydrogens is 316 g/mol. The summed E-state index contributed by atoms with van der Waals surface area (Å²) in [6.07, 6.45) is 0.160. The minimum absolute atomic E-state index is 0.0105. The third-order valence-electron chi connectivity index (χ3n) is 3.39. The molecule has 3 amide bonds. The minimum atomic E-state index is -0.446. The molecule has 23 heavy (non-hydrogen) atoms. The molecule has 0 aromatic heterocycles. The van der Waals surface area contributed by atoms with Crippen molar-refractivity contribution < 1.29 is 14.4 Å². The molecule has 1 fully saturated rings. The zero-order valence-corrected chi connectivity index (χ0v) is 13.5. The highest BCUT2D eigenvalue weighted by molar-refractivity contribution is 7.80. The number of hydrazine groups is 1. The van der Waals surface area contributed by atoms with E-state index in [2.05, 4.69) is 16.2 Å². The van der Waals surface area contributed by atoms with Crippen LogP contribution in [0.15, 0.2) is 30.3 Å². The maximum Gasteiger partial charge on any atom is 0.243 e. The summed E-state index contributed by atoms with van der Waals surface area (Å²) in [6, 6.07) is 9.61. The Labute approximate surface area is 139 Å². The van der Waals surface area contributed by atoms with Gasteiger partial charge in [0.15, 0.2) is 5.11 Å². The molecule has 1 aliphatic rings. The number of hydrogen-bond acceptors (Lipinski definition) is 4. The lowest BCUT2D eigenvalue weighted by molar-refractivity contribution is -0.129. The van der Waals surface area contributed by atoms with E-state index in [4.69, 9.17) is 12.2 Å². The van der Waals surface area contributed by atoms with Gasteiger partial charge in [0.05, 0.1) is 5.92 Å². The molecule has 0 aliphatic carbocycles. The van der Waals surface area contributed by atoms with Crippen LogP contribution < -0.4 is 16.2 Å². The van der Waals surface area contributed by atoms with Crippen molar-refractivity contribution in [3.63, 3.8) is 0 Å². The van der Waals surface area contributed by atoms with Crippen molar-refractivity contribution in [3.05, 3.63) is 35.9 Å². The molecule has 1 saturated heterocycles. The molecule has 3 N–H and O–H groups in total. The summed E-state index contributed by atoms with van der Waals surface area (Å²) in [5, 5.41) is 2.34. The zero-order chi connectivity index (χ0) is 16.8. The van der Waals surface area contributed by atoms with Crippen molar-refractivity contribution >= 4 is 35.1 Å². The Hall–Kier alpha value is -2.48. The Morgan fingerprint density at radius 1 is 1.26 bits per heavy atom. The van der Waals surface area contributed by atoms with Crippen molar-refractivity contribution in [1.82, 2.24) is 21.1 Å². The van der Waals surface area contributed by atoms with Gasteiger partial charge in [0.25, 0.3) is 0 Å². The SMILES string of the molecule is CC(=O)NC(=S)NNC(=O)C1CC(=O)N(Cc2ccccc2)C1.